The highest BCUT2D eigenvalue weighted by Gasteiger charge is 2.27. The van der Waals surface area contributed by atoms with E-state index in [1.165, 1.54) is 0 Å². The van der Waals surface area contributed by atoms with Crippen LogP contribution in [0.5, 0.6) is 5.75 Å². The van der Waals surface area contributed by atoms with Crippen LogP contribution in [0, 0.1) is 6.92 Å². The van der Waals surface area contributed by atoms with Gasteiger partial charge in [0.25, 0.3) is 0 Å². The molecular formula is C23H27ClN4O4. The third kappa shape index (κ3) is 5.20. The highest BCUT2D eigenvalue weighted by atomic mass is 35.5. The average Bonchev–Trinajstić information content (AvgIpc) is 3.21. The van der Waals surface area contributed by atoms with Crippen LogP contribution in [0.4, 0.5) is 10.6 Å². The van der Waals surface area contributed by atoms with Crippen molar-refractivity contribution in [1.82, 2.24) is 15.3 Å². The first-order valence-electron chi connectivity index (χ1n) is 10.3. The molecule has 0 aliphatic carbocycles. The van der Waals surface area contributed by atoms with E-state index >= 15 is 0 Å². The second-order valence-electron chi connectivity index (χ2n) is 7.61. The minimum absolute atomic E-state index is 0. The molecule has 0 radical (unpaired) electrons. The number of amides is 1. The van der Waals surface area contributed by atoms with E-state index in [4.69, 9.17) is 19.4 Å². The number of carbonyl (C=O) groups is 1. The molecule has 0 saturated carbocycles. The van der Waals surface area contributed by atoms with E-state index in [1.54, 1.807) is 25.3 Å². The molecule has 32 heavy (non-hydrogen) atoms. The molecule has 1 saturated heterocycles. The van der Waals surface area contributed by atoms with Gasteiger partial charge in [-0.2, -0.15) is 0 Å². The number of anilines is 1. The fourth-order valence-electron chi connectivity index (χ4n) is 3.74. The number of aromatic hydroxyl groups is 1. The Morgan fingerprint density at radius 2 is 2.03 bits per heavy atom. The van der Waals surface area contributed by atoms with Gasteiger partial charge in [-0.1, -0.05) is 18.2 Å². The largest absolute Gasteiger partial charge is 0.507 e. The lowest BCUT2D eigenvalue weighted by Gasteiger charge is -2.21. The number of aromatic nitrogens is 2. The molecule has 170 valence electrons. The number of halogens is 1. The third-order valence-corrected chi connectivity index (χ3v) is 5.31. The van der Waals surface area contributed by atoms with Gasteiger partial charge in [-0.15, -0.1) is 12.4 Å². The van der Waals surface area contributed by atoms with Crippen molar-refractivity contribution in [1.29, 1.82) is 0 Å². The van der Waals surface area contributed by atoms with Crippen LogP contribution in [-0.2, 0) is 9.47 Å². The summed E-state index contributed by atoms with van der Waals surface area (Å²) in [5, 5.41) is 14.2. The molecule has 2 heterocycles. The molecule has 8 nitrogen and oxygen atoms in total. The number of alkyl carbamates (subject to hydrolysis) is 1. The zero-order chi connectivity index (χ0) is 21.8. The molecule has 3 aromatic rings. The van der Waals surface area contributed by atoms with Crippen molar-refractivity contribution >= 4 is 35.2 Å². The number of benzene rings is 2. The number of hydrogen-bond acceptors (Lipinski definition) is 7. The lowest BCUT2D eigenvalue weighted by atomic mass is 10.1. The number of phenolic OH excluding ortho intramolecular Hbond substituents is 1. The molecular weight excluding hydrogens is 432 g/mol. The van der Waals surface area contributed by atoms with Crippen LogP contribution in [0.15, 0.2) is 42.5 Å². The van der Waals surface area contributed by atoms with Crippen LogP contribution in [0.25, 0.3) is 22.3 Å². The molecule has 4 rings (SSSR count). The fraction of sp³-hybridized carbons (Fsp3) is 0.348. The van der Waals surface area contributed by atoms with Crippen LogP contribution in [-0.4, -0.2) is 60.6 Å². The van der Waals surface area contributed by atoms with Crippen molar-refractivity contribution < 1.29 is 19.4 Å². The summed E-state index contributed by atoms with van der Waals surface area (Å²) < 4.78 is 10.0. The lowest BCUT2D eigenvalue weighted by molar-refractivity contribution is 0.0969. The topological polar surface area (TPSA) is 96.8 Å². The monoisotopic (exact) mass is 458 g/mol. The SMILES string of the molecule is COCCOC(=O)N[C@@H]1CCN(c2nc(-c3ccccc3O)nc3cc(C)ccc23)C1.Cl. The predicted octanol–water partition coefficient (Wildman–Crippen LogP) is 3.68. The normalized spacial score (nSPS) is 15.4. The lowest BCUT2D eigenvalue weighted by Crippen LogP contribution is -2.38. The number of phenols is 1. The molecule has 1 aromatic heterocycles. The van der Waals surface area contributed by atoms with Crippen molar-refractivity contribution in [2.24, 2.45) is 0 Å². The summed E-state index contributed by atoms with van der Waals surface area (Å²) in [6, 6.07) is 13.1. The van der Waals surface area contributed by atoms with Crippen LogP contribution in [0.2, 0.25) is 0 Å². The Hall–Kier alpha value is -3.10. The minimum Gasteiger partial charge on any atom is -0.507 e. The maximum Gasteiger partial charge on any atom is 0.407 e. The summed E-state index contributed by atoms with van der Waals surface area (Å²) in [4.78, 5) is 23.6. The van der Waals surface area contributed by atoms with Gasteiger partial charge in [-0.25, -0.2) is 14.8 Å². The Labute approximate surface area is 193 Å². The summed E-state index contributed by atoms with van der Waals surface area (Å²) >= 11 is 0. The smallest absolute Gasteiger partial charge is 0.407 e. The summed E-state index contributed by atoms with van der Waals surface area (Å²) in [6.07, 6.45) is 0.338. The molecule has 0 unspecified atom stereocenters. The van der Waals surface area contributed by atoms with Gasteiger partial charge in [-0.3, -0.25) is 0 Å². The van der Waals surface area contributed by atoms with Crippen LogP contribution in [0.3, 0.4) is 0 Å². The zero-order valence-electron chi connectivity index (χ0n) is 18.1. The quantitative estimate of drug-likeness (QED) is 0.544. The van der Waals surface area contributed by atoms with Crippen molar-refractivity contribution in [3.05, 3.63) is 48.0 Å². The summed E-state index contributed by atoms with van der Waals surface area (Å²) in [5.41, 5.74) is 2.50. The number of fused-ring (bicyclic) bond motifs is 1. The molecule has 2 aromatic carbocycles. The second kappa shape index (κ2) is 10.5. The van der Waals surface area contributed by atoms with Crippen molar-refractivity contribution in [3.8, 4) is 17.1 Å². The van der Waals surface area contributed by atoms with E-state index in [0.29, 0.717) is 24.5 Å². The first-order chi connectivity index (χ1) is 15.0. The van der Waals surface area contributed by atoms with Gasteiger partial charge in [0.05, 0.1) is 23.7 Å². The number of carbonyl (C=O) groups excluding carboxylic acids is 1. The average molecular weight is 459 g/mol. The number of para-hydroxylation sites is 1. The van der Waals surface area contributed by atoms with Gasteiger partial charge in [0.15, 0.2) is 5.82 Å². The van der Waals surface area contributed by atoms with Gasteiger partial charge in [0.2, 0.25) is 0 Å². The van der Waals surface area contributed by atoms with Crippen molar-refractivity contribution in [2.75, 3.05) is 38.3 Å². The number of nitrogens with zero attached hydrogens (tertiary/aromatic N) is 3. The molecule has 0 spiro atoms. The van der Waals surface area contributed by atoms with Gasteiger partial charge in [-0.05, 0) is 43.2 Å². The van der Waals surface area contributed by atoms with E-state index in [-0.39, 0.29) is 30.8 Å². The summed E-state index contributed by atoms with van der Waals surface area (Å²) in [7, 11) is 1.56. The molecule has 1 aliphatic heterocycles. The number of aryl methyl sites for hydroxylation is 1. The number of hydrogen-bond donors (Lipinski definition) is 2. The Bertz CT molecular complexity index is 1090. The standard InChI is InChI=1S/C23H26N4O4.ClH/c1-15-7-8-17-19(13-15)25-21(18-5-3-4-6-20(18)28)26-22(17)27-10-9-16(14-27)24-23(29)31-12-11-30-2;/h3-8,13,16,28H,9-12,14H2,1-2H3,(H,24,29);1H/t16-;/m1./s1. The Morgan fingerprint density at radius 1 is 1.22 bits per heavy atom. The maximum absolute atomic E-state index is 12.0. The van der Waals surface area contributed by atoms with Crippen LogP contribution >= 0.6 is 12.4 Å². The van der Waals surface area contributed by atoms with E-state index in [2.05, 4.69) is 10.2 Å². The van der Waals surface area contributed by atoms with Crippen molar-refractivity contribution in [2.45, 2.75) is 19.4 Å². The third-order valence-electron chi connectivity index (χ3n) is 5.31. The summed E-state index contributed by atoms with van der Waals surface area (Å²) in [6.45, 7) is 3.96. The minimum atomic E-state index is -0.443. The number of methoxy groups -OCH3 is 1. The molecule has 1 fully saturated rings. The number of ether oxygens (including phenoxy) is 2. The molecule has 2 N–H and O–H groups in total. The van der Waals surface area contributed by atoms with Crippen LogP contribution in [0.1, 0.15) is 12.0 Å². The molecule has 1 atom stereocenters. The zero-order valence-corrected chi connectivity index (χ0v) is 18.9. The molecule has 9 heteroatoms. The highest BCUT2D eigenvalue weighted by molar-refractivity contribution is 5.92. The first kappa shape index (κ1) is 23.6. The number of rotatable bonds is 6. The van der Waals surface area contributed by atoms with E-state index in [0.717, 1.165) is 35.2 Å². The van der Waals surface area contributed by atoms with Gasteiger partial charge >= 0.3 is 6.09 Å². The summed E-state index contributed by atoms with van der Waals surface area (Å²) in [5.74, 6) is 1.40. The van der Waals surface area contributed by atoms with Crippen molar-refractivity contribution in [3.63, 3.8) is 0 Å². The fourth-order valence-corrected chi connectivity index (χ4v) is 3.74. The molecule has 1 amide bonds. The van der Waals surface area contributed by atoms with Gasteiger partial charge in [0.1, 0.15) is 18.2 Å². The molecule has 0 bridgehead atoms. The van der Waals surface area contributed by atoms with Gasteiger partial charge in [0, 0.05) is 25.6 Å². The molecule has 1 aliphatic rings. The Balaban J connectivity index is 0.00000289. The van der Waals surface area contributed by atoms with E-state index in [9.17, 15) is 9.90 Å². The first-order valence-corrected chi connectivity index (χ1v) is 10.3. The Morgan fingerprint density at radius 3 is 2.81 bits per heavy atom. The predicted molar refractivity (Wildman–Crippen MR) is 126 cm³/mol. The van der Waals surface area contributed by atoms with E-state index < -0.39 is 6.09 Å². The number of nitrogens with one attached hydrogen (secondary N) is 1. The van der Waals surface area contributed by atoms with E-state index in [1.807, 2.05) is 31.2 Å². The van der Waals surface area contributed by atoms with Crippen LogP contribution < -0.4 is 10.2 Å². The highest BCUT2D eigenvalue weighted by Crippen LogP contribution is 2.33. The Kier molecular flexibility index (Phi) is 7.71. The maximum atomic E-state index is 12.0. The second-order valence-corrected chi connectivity index (χ2v) is 7.61. The van der Waals surface area contributed by atoms with Gasteiger partial charge < -0.3 is 24.8 Å².